The van der Waals surface area contributed by atoms with Crippen LogP contribution in [-0.4, -0.2) is 41.5 Å². The Labute approximate surface area is 105 Å². The van der Waals surface area contributed by atoms with E-state index < -0.39 is 6.04 Å². The summed E-state index contributed by atoms with van der Waals surface area (Å²) in [6.07, 6.45) is 1.51. The molecule has 96 valence electrons. The number of amides is 2. The molecule has 5 heteroatoms. The standard InChI is InChI=1S/C13H16N2O3/c1-14-12(17)11-6-3-7-15(11)13(18)9-4-2-5-10(16)8-9/h2,4-5,8,11,16H,3,6-7H2,1H3,(H,14,17). The number of likely N-dealkylation sites (N-methyl/N-ethyl adjacent to an activating group) is 1. The van der Waals surface area contributed by atoms with Crippen molar-refractivity contribution in [2.75, 3.05) is 13.6 Å². The van der Waals surface area contributed by atoms with Gasteiger partial charge in [0.2, 0.25) is 5.91 Å². The highest BCUT2D eigenvalue weighted by molar-refractivity contribution is 5.98. The number of rotatable bonds is 2. The van der Waals surface area contributed by atoms with Gasteiger partial charge in [-0.25, -0.2) is 0 Å². The van der Waals surface area contributed by atoms with Crippen molar-refractivity contribution in [3.63, 3.8) is 0 Å². The smallest absolute Gasteiger partial charge is 0.254 e. The normalized spacial score (nSPS) is 18.7. The maximum absolute atomic E-state index is 12.3. The van der Waals surface area contributed by atoms with Gasteiger partial charge in [0.05, 0.1) is 0 Å². The Morgan fingerprint density at radius 1 is 1.44 bits per heavy atom. The SMILES string of the molecule is CNC(=O)C1CCCN1C(=O)c1cccc(O)c1. The van der Waals surface area contributed by atoms with Crippen molar-refractivity contribution in [2.24, 2.45) is 0 Å². The maximum Gasteiger partial charge on any atom is 0.254 e. The van der Waals surface area contributed by atoms with Crippen molar-refractivity contribution in [3.8, 4) is 5.75 Å². The first kappa shape index (κ1) is 12.4. The summed E-state index contributed by atoms with van der Waals surface area (Å²) in [7, 11) is 1.57. The summed E-state index contributed by atoms with van der Waals surface area (Å²) in [4.78, 5) is 25.5. The van der Waals surface area contributed by atoms with E-state index in [0.29, 0.717) is 18.5 Å². The van der Waals surface area contributed by atoms with Gasteiger partial charge in [0.1, 0.15) is 11.8 Å². The molecule has 1 aliphatic heterocycles. The van der Waals surface area contributed by atoms with Crippen LogP contribution >= 0.6 is 0 Å². The molecule has 18 heavy (non-hydrogen) atoms. The van der Waals surface area contributed by atoms with E-state index in [-0.39, 0.29) is 17.6 Å². The van der Waals surface area contributed by atoms with Crippen molar-refractivity contribution in [3.05, 3.63) is 29.8 Å². The minimum absolute atomic E-state index is 0.0524. The van der Waals surface area contributed by atoms with Crippen LogP contribution in [0.1, 0.15) is 23.2 Å². The predicted octanol–water partition coefficient (Wildman–Crippen LogP) is 0.743. The number of benzene rings is 1. The number of phenols is 1. The molecule has 1 atom stereocenters. The van der Waals surface area contributed by atoms with Crippen LogP contribution in [0.3, 0.4) is 0 Å². The number of carbonyl (C=O) groups is 2. The second kappa shape index (κ2) is 5.08. The molecular weight excluding hydrogens is 232 g/mol. The van der Waals surface area contributed by atoms with Gasteiger partial charge in [0.15, 0.2) is 0 Å². The molecule has 1 saturated heterocycles. The molecule has 1 heterocycles. The Kier molecular flexibility index (Phi) is 3.50. The summed E-state index contributed by atoms with van der Waals surface area (Å²) < 4.78 is 0. The van der Waals surface area contributed by atoms with E-state index in [0.717, 1.165) is 6.42 Å². The number of hydrogen-bond acceptors (Lipinski definition) is 3. The first-order valence-electron chi connectivity index (χ1n) is 5.95. The fraction of sp³-hybridized carbons (Fsp3) is 0.385. The Morgan fingerprint density at radius 2 is 2.22 bits per heavy atom. The van der Waals surface area contributed by atoms with Crippen molar-refractivity contribution in [1.29, 1.82) is 0 Å². The topological polar surface area (TPSA) is 69.6 Å². The van der Waals surface area contributed by atoms with Gasteiger partial charge in [0.25, 0.3) is 5.91 Å². The third-order valence-corrected chi connectivity index (χ3v) is 3.16. The number of phenolic OH excluding ortho intramolecular Hbond substituents is 1. The van der Waals surface area contributed by atoms with Gasteiger partial charge in [0, 0.05) is 19.2 Å². The lowest BCUT2D eigenvalue weighted by Crippen LogP contribution is -2.44. The number of hydrogen-bond donors (Lipinski definition) is 2. The number of carbonyl (C=O) groups excluding carboxylic acids is 2. The molecule has 5 nitrogen and oxygen atoms in total. The Morgan fingerprint density at radius 3 is 2.89 bits per heavy atom. The first-order valence-corrected chi connectivity index (χ1v) is 5.95. The predicted molar refractivity (Wildman–Crippen MR) is 66.2 cm³/mol. The zero-order valence-electron chi connectivity index (χ0n) is 10.2. The van der Waals surface area contributed by atoms with Gasteiger partial charge in [-0.05, 0) is 31.0 Å². The molecule has 0 saturated carbocycles. The van der Waals surface area contributed by atoms with Crippen LogP contribution in [0.4, 0.5) is 0 Å². The van der Waals surface area contributed by atoms with Crippen LogP contribution in [0.5, 0.6) is 5.75 Å². The van der Waals surface area contributed by atoms with Gasteiger partial charge >= 0.3 is 0 Å². The lowest BCUT2D eigenvalue weighted by molar-refractivity contribution is -0.124. The molecule has 1 unspecified atom stereocenters. The molecular formula is C13H16N2O3. The van der Waals surface area contributed by atoms with E-state index in [2.05, 4.69) is 5.32 Å². The molecule has 2 amide bonds. The summed E-state index contributed by atoms with van der Waals surface area (Å²) in [5, 5.41) is 11.9. The molecule has 0 radical (unpaired) electrons. The zero-order chi connectivity index (χ0) is 13.1. The van der Waals surface area contributed by atoms with Crippen LogP contribution in [0, 0.1) is 0 Å². The van der Waals surface area contributed by atoms with Crippen LogP contribution in [-0.2, 0) is 4.79 Å². The van der Waals surface area contributed by atoms with E-state index in [9.17, 15) is 14.7 Å². The number of aromatic hydroxyl groups is 1. The lowest BCUT2D eigenvalue weighted by atomic mass is 10.1. The monoisotopic (exact) mass is 248 g/mol. The molecule has 1 fully saturated rings. The summed E-state index contributed by atoms with van der Waals surface area (Å²) >= 11 is 0. The Hall–Kier alpha value is -2.04. The summed E-state index contributed by atoms with van der Waals surface area (Å²) in [5.74, 6) is -0.297. The second-order valence-electron chi connectivity index (χ2n) is 4.32. The van der Waals surface area contributed by atoms with Gasteiger partial charge in [-0.3, -0.25) is 9.59 Å². The van der Waals surface area contributed by atoms with Crippen LogP contribution in [0.15, 0.2) is 24.3 Å². The molecule has 0 bridgehead atoms. The summed E-state index contributed by atoms with van der Waals surface area (Å²) in [6, 6.07) is 5.79. The van der Waals surface area contributed by atoms with Crippen molar-refractivity contribution < 1.29 is 14.7 Å². The third-order valence-electron chi connectivity index (χ3n) is 3.16. The Bertz CT molecular complexity index is 473. The minimum atomic E-state index is -0.398. The fourth-order valence-electron chi connectivity index (χ4n) is 2.25. The van der Waals surface area contributed by atoms with Gasteiger partial charge in [-0.1, -0.05) is 6.07 Å². The Balaban J connectivity index is 2.20. The number of likely N-dealkylation sites (tertiary alicyclic amines) is 1. The summed E-state index contributed by atoms with van der Waals surface area (Å²) in [5.41, 5.74) is 0.408. The maximum atomic E-state index is 12.3. The van der Waals surface area contributed by atoms with E-state index in [1.54, 1.807) is 24.1 Å². The van der Waals surface area contributed by atoms with E-state index in [1.165, 1.54) is 12.1 Å². The van der Waals surface area contributed by atoms with Crippen molar-refractivity contribution in [2.45, 2.75) is 18.9 Å². The van der Waals surface area contributed by atoms with Gasteiger partial charge in [-0.15, -0.1) is 0 Å². The largest absolute Gasteiger partial charge is 0.508 e. The van der Waals surface area contributed by atoms with E-state index in [4.69, 9.17) is 0 Å². The average molecular weight is 248 g/mol. The minimum Gasteiger partial charge on any atom is -0.508 e. The molecule has 1 aliphatic rings. The zero-order valence-corrected chi connectivity index (χ0v) is 10.2. The second-order valence-corrected chi connectivity index (χ2v) is 4.32. The average Bonchev–Trinajstić information content (AvgIpc) is 2.86. The fourth-order valence-corrected chi connectivity index (χ4v) is 2.25. The van der Waals surface area contributed by atoms with Crippen molar-refractivity contribution >= 4 is 11.8 Å². The van der Waals surface area contributed by atoms with Crippen LogP contribution in [0.25, 0.3) is 0 Å². The van der Waals surface area contributed by atoms with E-state index in [1.807, 2.05) is 0 Å². The molecule has 1 aromatic carbocycles. The highest BCUT2D eigenvalue weighted by atomic mass is 16.3. The molecule has 1 aromatic rings. The van der Waals surface area contributed by atoms with Crippen molar-refractivity contribution in [1.82, 2.24) is 10.2 Å². The summed E-state index contributed by atoms with van der Waals surface area (Å²) in [6.45, 7) is 0.576. The quantitative estimate of drug-likeness (QED) is 0.811. The number of nitrogens with one attached hydrogen (secondary N) is 1. The molecule has 0 spiro atoms. The highest BCUT2D eigenvalue weighted by Gasteiger charge is 2.33. The molecule has 0 aromatic heterocycles. The first-order chi connectivity index (χ1) is 8.63. The van der Waals surface area contributed by atoms with Gasteiger partial charge < -0.3 is 15.3 Å². The number of nitrogens with zero attached hydrogens (tertiary/aromatic N) is 1. The lowest BCUT2D eigenvalue weighted by Gasteiger charge is -2.23. The highest BCUT2D eigenvalue weighted by Crippen LogP contribution is 2.21. The van der Waals surface area contributed by atoms with Crippen LogP contribution < -0.4 is 5.32 Å². The van der Waals surface area contributed by atoms with E-state index >= 15 is 0 Å². The molecule has 2 N–H and O–H groups in total. The molecule has 0 aliphatic carbocycles. The molecule has 2 rings (SSSR count). The van der Waals surface area contributed by atoms with Crippen LogP contribution in [0.2, 0.25) is 0 Å². The third kappa shape index (κ3) is 2.30. The van der Waals surface area contributed by atoms with Gasteiger partial charge in [-0.2, -0.15) is 0 Å².